The topological polar surface area (TPSA) is 15.3 Å². The minimum Gasteiger partial charge on any atom is -0.364 e. The van der Waals surface area contributed by atoms with E-state index in [9.17, 15) is 0 Å². The normalized spacial score (nSPS) is 22.4. The average molecular weight is 292 g/mol. The lowest BCUT2D eigenvalue weighted by molar-refractivity contribution is 0.302. The van der Waals surface area contributed by atoms with Crippen molar-refractivity contribution in [3.05, 3.63) is 65.7 Å². The van der Waals surface area contributed by atoms with Crippen molar-refractivity contribution in [1.29, 1.82) is 0 Å². The molecule has 0 radical (unpaired) electrons. The molecule has 1 atom stereocenters. The van der Waals surface area contributed by atoms with Gasteiger partial charge in [-0.2, -0.15) is 0 Å². The van der Waals surface area contributed by atoms with E-state index in [1.54, 1.807) is 11.1 Å². The van der Waals surface area contributed by atoms with E-state index in [1.165, 1.54) is 18.5 Å². The number of nitrogens with one attached hydrogen (secondary N) is 1. The second-order valence-electron chi connectivity index (χ2n) is 6.51. The lowest BCUT2D eigenvalue weighted by Gasteiger charge is -2.44. The van der Waals surface area contributed by atoms with E-state index in [-0.39, 0.29) is 0 Å². The van der Waals surface area contributed by atoms with Gasteiger partial charge < -0.3 is 10.2 Å². The zero-order valence-corrected chi connectivity index (χ0v) is 13.0. The summed E-state index contributed by atoms with van der Waals surface area (Å²) in [7, 11) is 0. The fourth-order valence-corrected chi connectivity index (χ4v) is 4.18. The number of nitrogens with zero attached hydrogens (tertiary/aromatic N) is 1. The van der Waals surface area contributed by atoms with Gasteiger partial charge in [-0.05, 0) is 61.5 Å². The highest BCUT2D eigenvalue weighted by Gasteiger charge is 2.34. The van der Waals surface area contributed by atoms with Gasteiger partial charge in [0.25, 0.3) is 0 Å². The maximum Gasteiger partial charge on any atom is 0.0574 e. The Morgan fingerprint density at radius 2 is 1.59 bits per heavy atom. The summed E-state index contributed by atoms with van der Waals surface area (Å²) in [6, 6.07) is 20.6. The first-order valence-electron chi connectivity index (χ1n) is 8.54. The molecule has 0 aromatic heterocycles. The summed E-state index contributed by atoms with van der Waals surface area (Å²) in [5.41, 5.74) is 4.49. The Balaban J connectivity index is 1.74. The van der Waals surface area contributed by atoms with Crippen LogP contribution in [0.5, 0.6) is 0 Å². The third-order valence-corrected chi connectivity index (χ3v) is 5.25. The Morgan fingerprint density at radius 3 is 2.41 bits per heavy atom. The Labute approximate surface area is 133 Å². The van der Waals surface area contributed by atoms with Gasteiger partial charge in [0.15, 0.2) is 0 Å². The molecule has 0 spiro atoms. The Bertz CT molecular complexity index is 617. The molecule has 0 aliphatic carbocycles. The second-order valence-corrected chi connectivity index (χ2v) is 6.51. The lowest BCUT2D eigenvalue weighted by Crippen LogP contribution is -2.42. The maximum absolute atomic E-state index is 3.51. The summed E-state index contributed by atoms with van der Waals surface area (Å²) in [5.74, 6) is 0.753. The first kappa shape index (κ1) is 13.8. The number of fused-ring (bicyclic) bond motifs is 1. The molecule has 2 heterocycles. The van der Waals surface area contributed by atoms with Crippen LogP contribution in [0.1, 0.15) is 30.0 Å². The molecule has 22 heavy (non-hydrogen) atoms. The van der Waals surface area contributed by atoms with Crippen molar-refractivity contribution in [3.63, 3.8) is 0 Å². The first-order chi connectivity index (χ1) is 10.9. The van der Waals surface area contributed by atoms with Crippen molar-refractivity contribution in [2.45, 2.75) is 25.3 Å². The van der Waals surface area contributed by atoms with Crippen molar-refractivity contribution in [2.24, 2.45) is 5.92 Å². The molecule has 0 saturated carbocycles. The van der Waals surface area contributed by atoms with Crippen LogP contribution in [0.4, 0.5) is 5.69 Å². The minimum atomic E-state index is 0.537. The number of para-hydroxylation sites is 1. The number of hydrogen-bond acceptors (Lipinski definition) is 2. The Hall–Kier alpha value is -1.80. The van der Waals surface area contributed by atoms with E-state index >= 15 is 0 Å². The van der Waals surface area contributed by atoms with Crippen LogP contribution in [-0.4, -0.2) is 19.6 Å². The summed E-state index contributed by atoms with van der Waals surface area (Å²) in [6.07, 6.45) is 3.72. The molecule has 0 amide bonds. The molecule has 1 fully saturated rings. The zero-order chi connectivity index (χ0) is 14.8. The van der Waals surface area contributed by atoms with E-state index < -0.39 is 0 Å². The van der Waals surface area contributed by atoms with Gasteiger partial charge in [0.05, 0.1) is 6.04 Å². The fourth-order valence-electron chi connectivity index (χ4n) is 4.18. The van der Waals surface area contributed by atoms with Crippen LogP contribution < -0.4 is 10.2 Å². The van der Waals surface area contributed by atoms with Gasteiger partial charge in [0.1, 0.15) is 0 Å². The number of piperidine rings is 1. The molecular formula is C20H24N2. The van der Waals surface area contributed by atoms with Gasteiger partial charge in [-0.1, -0.05) is 42.5 Å². The molecule has 1 unspecified atom stereocenters. The van der Waals surface area contributed by atoms with Gasteiger partial charge in [0, 0.05) is 12.2 Å². The quantitative estimate of drug-likeness (QED) is 0.906. The molecule has 1 N–H and O–H groups in total. The van der Waals surface area contributed by atoms with Crippen molar-refractivity contribution in [2.75, 3.05) is 24.5 Å². The second kappa shape index (κ2) is 6.13. The fraction of sp³-hybridized carbons (Fsp3) is 0.400. The molecule has 2 aromatic rings. The van der Waals surface area contributed by atoms with Gasteiger partial charge in [-0.15, -0.1) is 0 Å². The maximum atomic E-state index is 3.51. The monoisotopic (exact) mass is 292 g/mol. The highest BCUT2D eigenvalue weighted by Crippen LogP contribution is 2.41. The van der Waals surface area contributed by atoms with Crippen LogP contribution in [0.2, 0.25) is 0 Å². The standard InChI is InChI=1S/C20H24N2/c1-2-7-18(8-3-1)22-15-12-16-6-4-5-9-19(16)20(22)17-10-13-21-14-11-17/h1-9,17,20-21H,10-15H2. The number of benzene rings is 2. The Morgan fingerprint density at radius 1 is 0.864 bits per heavy atom. The zero-order valence-electron chi connectivity index (χ0n) is 13.0. The first-order valence-corrected chi connectivity index (χ1v) is 8.54. The molecule has 2 nitrogen and oxygen atoms in total. The largest absolute Gasteiger partial charge is 0.364 e. The Kier molecular flexibility index (Phi) is 3.86. The smallest absolute Gasteiger partial charge is 0.0574 e. The molecule has 4 rings (SSSR count). The predicted molar refractivity (Wildman–Crippen MR) is 92.3 cm³/mol. The number of rotatable bonds is 2. The van der Waals surface area contributed by atoms with Crippen LogP contribution in [0.25, 0.3) is 0 Å². The molecule has 2 heteroatoms. The molecule has 2 aromatic carbocycles. The van der Waals surface area contributed by atoms with Gasteiger partial charge in [-0.25, -0.2) is 0 Å². The third kappa shape index (κ3) is 2.52. The minimum absolute atomic E-state index is 0.537. The van der Waals surface area contributed by atoms with Gasteiger partial charge in [0.2, 0.25) is 0 Å². The van der Waals surface area contributed by atoms with Crippen molar-refractivity contribution < 1.29 is 0 Å². The van der Waals surface area contributed by atoms with Gasteiger partial charge in [-0.3, -0.25) is 0 Å². The van der Waals surface area contributed by atoms with Crippen LogP contribution in [0, 0.1) is 5.92 Å². The van der Waals surface area contributed by atoms with Crippen molar-refractivity contribution >= 4 is 5.69 Å². The van der Waals surface area contributed by atoms with Crippen molar-refractivity contribution in [3.8, 4) is 0 Å². The van der Waals surface area contributed by atoms with E-state index in [0.717, 1.165) is 32.0 Å². The van der Waals surface area contributed by atoms with Crippen molar-refractivity contribution in [1.82, 2.24) is 5.32 Å². The van der Waals surface area contributed by atoms with Gasteiger partial charge >= 0.3 is 0 Å². The molecule has 2 aliphatic heterocycles. The summed E-state index contributed by atoms with van der Waals surface area (Å²) < 4.78 is 0. The third-order valence-electron chi connectivity index (χ3n) is 5.25. The SMILES string of the molecule is c1ccc(N2CCc3ccccc3C2C2CCNCC2)cc1. The molecule has 114 valence electrons. The average Bonchev–Trinajstić information content (AvgIpc) is 2.62. The molecular weight excluding hydrogens is 268 g/mol. The number of hydrogen-bond donors (Lipinski definition) is 1. The van der Waals surface area contributed by atoms with Crippen LogP contribution in [0.3, 0.4) is 0 Å². The summed E-state index contributed by atoms with van der Waals surface area (Å²) in [4.78, 5) is 2.65. The predicted octanol–water partition coefficient (Wildman–Crippen LogP) is 3.79. The lowest BCUT2D eigenvalue weighted by atomic mass is 9.80. The molecule has 2 aliphatic rings. The molecule has 1 saturated heterocycles. The van der Waals surface area contributed by atoms with Crippen LogP contribution >= 0.6 is 0 Å². The summed E-state index contributed by atoms with van der Waals surface area (Å²) >= 11 is 0. The highest BCUT2D eigenvalue weighted by molar-refractivity contribution is 5.52. The summed E-state index contributed by atoms with van der Waals surface area (Å²) in [5, 5.41) is 3.51. The highest BCUT2D eigenvalue weighted by atomic mass is 15.2. The van der Waals surface area contributed by atoms with E-state index in [4.69, 9.17) is 0 Å². The van der Waals surface area contributed by atoms with E-state index in [2.05, 4.69) is 64.8 Å². The van der Waals surface area contributed by atoms with Crippen LogP contribution in [0.15, 0.2) is 54.6 Å². The number of anilines is 1. The van der Waals surface area contributed by atoms with E-state index in [0.29, 0.717) is 6.04 Å². The summed E-state index contributed by atoms with van der Waals surface area (Å²) in [6.45, 7) is 3.45. The van der Waals surface area contributed by atoms with Crippen LogP contribution in [-0.2, 0) is 6.42 Å². The molecule has 0 bridgehead atoms. The van der Waals surface area contributed by atoms with E-state index in [1.807, 2.05) is 0 Å².